The Bertz CT molecular complexity index is 1140. The van der Waals surface area contributed by atoms with Crippen molar-refractivity contribution in [2.75, 3.05) is 36.5 Å². The van der Waals surface area contributed by atoms with Gasteiger partial charge in [0.15, 0.2) is 5.13 Å². The average Bonchev–Trinajstić information content (AvgIpc) is 3.45. The van der Waals surface area contributed by atoms with E-state index in [4.69, 9.17) is 26.3 Å². The van der Waals surface area contributed by atoms with E-state index in [9.17, 15) is 0 Å². The highest BCUT2D eigenvalue weighted by Gasteiger charge is 2.13. The molecule has 1 saturated heterocycles. The number of nitrogens with one attached hydrogen (secondary N) is 1. The molecule has 5 rings (SSSR count). The van der Waals surface area contributed by atoms with E-state index in [1.54, 1.807) is 22.7 Å². The fourth-order valence-electron chi connectivity index (χ4n) is 3.31. The highest BCUT2D eigenvalue weighted by Crippen LogP contribution is 2.34. The van der Waals surface area contributed by atoms with Crippen LogP contribution in [-0.4, -0.2) is 36.3 Å². The van der Waals surface area contributed by atoms with E-state index in [0.29, 0.717) is 5.02 Å². The van der Waals surface area contributed by atoms with Crippen LogP contribution in [0.3, 0.4) is 0 Å². The number of hydrogen-bond donors (Lipinski definition) is 1. The molecule has 0 unspecified atom stereocenters. The van der Waals surface area contributed by atoms with Crippen LogP contribution in [0.15, 0.2) is 59.3 Å². The maximum Gasteiger partial charge on any atom is 0.187 e. The van der Waals surface area contributed by atoms with Crippen molar-refractivity contribution in [1.82, 2.24) is 9.97 Å². The van der Waals surface area contributed by atoms with Gasteiger partial charge in [0.25, 0.3) is 0 Å². The zero-order valence-corrected chi connectivity index (χ0v) is 18.4. The molecular formula is C22H19ClN4OS2. The molecule has 30 heavy (non-hydrogen) atoms. The van der Waals surface area contributed by atoms with Crippen molar-refractivity contribution in [3.8, 4) is 22.0 Å². The molecule has 3 heterocycles. The van der Waals surface area contributed by atoms with Gasteiger partial charge < -0.3 is 15.0 Å². The van der Waals surface area contributed by atoms with Gasteiger partial charge in [0.1, 0.15) is 10.7 Å². The second-order valence-corrected chi connectivity index (χ2v) is 8.95. The predicted octanol–water partition coefficient (Wildman–Crippen LogP) is 6.17. The standard InChI is InChI=1S/C22H19ClN4OS2/c23-18-4-2-1-3-17(18)19-13-29-21(25-19)20-14-30-22(26-20)24-15-5-7-16(8-6-15)27-9-11-28-12-10-27/h1-8,13-14H,9-12H2,(H,24,26). The van der Waals surface area contributed by atoms with Crippen molar-refractivity contribution >= 4 is 50.8 Å². The zero-order chi connectivity index (χ0) is 20.3. The Morgan fingerprint density at radius 2 is 1.67 bits per heavy atom. The van der Waals surface area contributed by atoms with Gasteiger partial charge in [0.05, 0.1) is 18.9 Å². The number of benzene rings is 2. The van der Waals surface area contributed by atoms with Crippen LogP contribution in [0, 0.1) is 0 Å². The summed E-state index contributed by atoms with van der Waals surface area (Å²) in [7, 11) is 0. The van der Waals surface area contributed by atoms with Gasteiger partial charge in [-0.05, 0) is 30.3 Å². The summed E-state index contributed by atoms with van der Waals surface area (Å²) in [4.78, 5) is 11.8. The minimum Gasteiger partial charge on any atom is -0.378 e. The summed E-state index contributed by atoms with van der Waals surface area (Å²) in [5.41, 5.74) is 4.93. The second kappa shape index (κ2) is 8.73. The first-order valence-corrected chi connectivity index (χ1v) is 11.8. The number of anilines is 3. The van der Waals surface area contributed by atoms with Crippen LogP contribution in [0.25, 0.3) is 22.0 Å². The summed E-state index contributed by atoms with van der Waals surface area (Å²) in [5, 5.41) is 9.88. The molecule has 5 nitrogen and oxygen atoms in total. The smallest absolute Gasteiger partial charge is 0.187 e. The van der Waals surface area contributed by atoms with Crippen LogP contribution < -0.4 is 10.2 Å². The first-order chi connectivity index (χ1) is 14.8. The Hall–Kier alpha value is -2.45. The minimum atomic E-state index is 0.704. The van der Waals surface area contributed by atoms with Crippen LogP contribution in [0.4, 0.5) is 16.5 Å². The van der Waals surface area contributed by atoms with E-state index in [1.807, 2.05) is 35.0 Å². The van der Waals surface area contributed by atoms with Crippen molar-refractivity contribution in [2.45, 2.75) is 0 Å². The first-order valence-electron chi connectivity index (χ1n) is 9.62. The Morgan fingerprint density at radius 3 is 2.47 bits per heavy atom. The Balaban J connectivity index is 1.29. The monoisotopic (exact) mass is 454 g/mol. The maximum atomic E-state index is 6.30. The number of halogens is 1. The molecule has 0 bridgehead atoms. The molecule has 1 N–H and O–H groups in total. The molecule has 0 atom stereocenters. The third-order valence-electron chi connectivity index (χ3n) is 4.87. The van der Waals surface area contributed by atoms with Gasteiger partial charge in [-0.15, -0.1) is 22.7 Å². The Labute approximate surface area is 188 Å². The van der Waals surface area contributed by atoms with Crippen molar-refractivity contribution in [3.63, 3.8) is 0 Å². The molecule has 1 aliphatic rings. The van der Waals surface area contributed by atoms with Gasteiger partial charge in [0.2, 0.25) is 0 Å². The number of rotatable bonds is 5. The number of thiazole rings is 2. The third-order valence-corrected chi connectivity index (χ3v) is 6.82. The lowest BCUT2D eigenvalue weighted by atomic mass is 10.2. The van der Waals surface area contributed by atoms with Crippen molar-refractivity contribution < 1.29 is 4.74 Å². The van der Waals surface area contributed by atoms with E-state index >= 15 is 0 Å². The van der Waals surface area contributed by atoms with Crippen molar-refractivity contribution in [3.05, 3.63) is 64.3 Å². The summed E-state index contributed by atoms with van der Waals surface area (Å²) in [6, 6.07) is 16.2. The summed E-state index contributed by atoms with van der Waals surface area (Å²) >= 11 is 9.45. The quantitative estimate of drug-likeness (QED) is 0.391. The van der Waals surface area contributed by atoms with Gasteiger partial charge in [-0.3, -0.25) is 0 Å². The molecule has 152 valence electrons. The molecule has 1 aliphatic heterocycles. The molecule has 0 amide bonds. The van der Waals surface area contributed by atoms with E-state index in [1.165, 1.54) is 5.69 Å². The highest BCUT2D eigenvalue weighted by atomic mass is 35.5. The molecule has 1 fully saturated rings. The average molecular weight is 455 g/mol. The zero-order valence-electron chi connectivity index (χ0n) is 16.0. The molecule has 0 spiro atoms. The van der Waals surface area contributed by atoms with Gasteiger partial charge in [-0.2, -0.15) is 0 Å². The highest BCUT2D eigenvalue weighted by molar-refractivity contribution is 7.15. The third kappa shape index (κ3) is 4.20. The summed E-state index contributed by atoms with van der Waals surface area (Å²) < 4.78 is 5.42. The molecular weight excluding hydrogens is 436 g/mol. The van der Waals surface area contributed by atoms with Crippen LogP contribution in [0.5, 0.6) is 0 Å². The van der Waals surface area contributed by atoms with Gasteiger partial charge in [-0.1, -0.05) is 29.8 Å². The van der Waals surface area contributed by atoms with Crippen LogP contribution in [0.2, 0.25) is 5.02 Å². The maximum absolute atomic E-state index is 6.30. The fraction of sp³-hybridized carbons (Fsp3) is 0.182. The molecule has 8 heteroatoms. The molecule has 2 aromatic carbocycles. The van der Waals surface area contributed by atoms with Crippen LogP contribution >= 0.6 is 34.3 Å². The van der Waals surface area contributed by atoms with Crippen molar-refractivity contribution in [1.29, 1.82) is 0 Å². The normalized spacial score (nSPS) is 14.1. The molecule has 0 saturated carbocycles. The fourth-order valence-corrected chi connectivity index (χ4v) is 5.12. The number of hydrogen-bond acceptors (Lipinski definition) is 7. The Kier molecular flexibility index (Phi) is 5.68. The SMILES string of the molecule is Clc1ccccc1-c1csc(-c2csc(Nc3ccc(N4CCOCC4)cc3)n2)n1. The molecule has 4 aromatic rings. The summed E-state index contributed by atoms with van der Waals surface area (Å²) in [5.74, 6) is 0. The topological polar surface area (TPSA) is 50.3 Å². The van der Waals surface area contributed by atoms with E-state index in [-0.39, 0.29) is 0 Å². The van der Waals surface area contributed by atoms with Crippen LogP contribution in [-0.2, 0) is 4.74 Å². The van der Waals surface area contributed by atoms with E-state index in [0.717, 1.165) is 59.1 Å². The van der Waals surface area contributed by atoms with Gasteiger partial charge >= 0.3 is 0 Å². The number of aromatic nitrogens is 2. The molecule has 2 aromatic heterocycles. The molecule has 0 aliphatic carbocycles. The largest absolute Gasteiger partial charge is 0.378 e. The lowest BCUT2D eigenvalue weighted by molar-refractivity contribution is 0.122. The number of nitrogens with zero attached hydrogens (tertiary/aromatic N) is 3. The van der Waals surface area contributed by atoms with E-state index < -0.39 is 0 Å². The van der Waals surface area contributed by atoms with E-state index in [2.05, 4.69) is 34.5 Å². The second-order valence-electron chi connectivity index (χ2n) is 6.83. The van der Waals surface area contributed by atoms with Gasteiger partial charge in [-0.25, -0.2) is 9.97 Å². The summed E-state index contributed by atoms with van der Waals surface area (Å²) in [6.07, 6.45) is 0. The lowest BCUT2D eigenvalue weighted by Crippen LogP contribution is -2.36. The first kappa shape index (κ1) is 19.5. The molecule has 0 radical (unpaired) electrons. The number of morpholine rings is 1. The Morgan fingerprint density at radius 1 is 0.900 bits per heavy atom. The van der Waals surface area contributed by atoms with Crippen molar-refractivity contribution in [2.24, 2.45) is 0 Å². The minimum absolute atomic E-state index is 0.704. The summed E-state index contributed by atoms with van der Waals surface area (Å²) in [6.45, 7) is 3.45. The van der Waals surface area contributed by atoms with Crippen LogP contribution in [0.1, 0.15) is 0 Å². The lowest BCUT2D eigenvalue weighted by Gasteiger charge is -2.28. The number of ether oxygens (including phenoxy) is 1. The van der Waals surface area contributed by atoms with Gasteiger partial charge in [0, 0.05) is 45.8 Å². The predicted molar refractivity (Wildman–Crippen MR) is 126 cm³/mol.